The van der Waals surface area contributed by atoms with E-state index in [1.165, 1.54) is 0 Å². The van der Waals surface area contributed by atoms with E-state index in [4.69, 9.17) is 17.3 Å². The molecular formula is C7H11ClN4. The van der Waals surface area contributed by atoms with Crippen molar-refractivity contribution in [2.75, 3.05) is 0 Å². The number of nitrogens with two attached hydrogens (primary N) is 1. The fourth-order valence-corrected chi connectivity index (χ4v) is 1.74. The van der Waals surface area contributed by atoms with Crippen LogP contribution in [-0.4, -0.2) is 20.1 Å². The van der Waals surface area contributed by atoms with Crippen molar-refractivity contribution < 1.29 is 0 Å². The van der Waals surface area contributed by atoms with Gasteiger partial charge in [-0.1, -0.05) is 0 Å². The maximum Gasteiger partial charge on any atom is 0.146 e. The molecule has 0 aliphatic carbocycles. The predicted molar refractivity (Wildman–Crippen MR) is 45.9 cm³/mol. The highest BCUT2D eigenvalue weighted by Crippen LogP contribution is 2.18. The Hall–Kier alpha value is -0.610. The molecule has 1 aliphatic rings. The van der Waals surface area contributed by atoms with Crippen molar-refractivity contribution in [2.24, 2.45) is 5.73 Å². The summed E-state index contributed by atoms with van der Waals surface area (Å²) in [6.07, 6.45) is 1.80. The molecule has 0 amide bonds. The van der Waals surface area contributed by atoms with E-state index < -0.39 is 0 Å². The van der Waals surface area contributed by atoms with E-state index in [1.54, 1.807) is 0 Å². The lowest BCUT2D eigenvalue weighted by Gasteiger charge is -2.18. The fourth-order valence-electron chi connectivity index (χ4n) is 1.50. The van der Waals surface area contributed by atoms with Crippen LogP contribution in [0.4, 0.5) is 0 Å². The van der Waals surface area contributed by atoms with Gasteiger partial charge in [-0.2, -0.15) is 0 Å². The zero-order valence-electron chi connectivity index (χ0n) is 6.70. The molecule has 4 nitrogen and oxygen atoms in total. The van der Waals surface area contributed by atoms with Gasteiger partial charge in [-0.25, -0.2) is 0 Å². The molecule has 1 aliphatic heterocycles. The molecule has 1 aromatic heterocycles. The van der Waals surface area contributed by atoms with E-state index in [-0.39, 0.29) is 5.38 Å². The Kier molecular flexibility index (Phi) is 2.02. The number of fused-ring (bicyclic) bond motifs is 1. The van der Waals surface area contributed by atoms with Crippen molar-refractivity contribution in [3.05, 3.63) is 11.6 Å². The molecule has 2 heterocycles. The van der Waals surface area contributed by atoms with Crippen LogP contribution in [0.25, 0.3) is 0 Å². The van der Waals surface area contributed by atoms with Gasteiger partial charge in [0.2, 0.25) is 0 Å². The third kappa shape index (κ3) is 1.21. The minimum atomic E-state index is 0.215. The van der Waals surface area contributed by atoms with Crippen LogP contribution in [-0.2, 0) is 19.5 Å². The van der Waals surface area contributed by atoms with Gasteiger partial charge in [-0.3, -0.25) is 0 Å². The van der Waals surface area contributed by atoms with Crippen molar-refractivity contribution in [3.63, 3.8) is 0 Å². The summed E-state index contributed by atoms with van der Waals surface area (Å²) in [4.78, 5) is 0. The third-order valence-corrected chi connectivity index (χ3v) is 2.53. The maximum absolute atomic E-state index is 5.98. The van der Waals surface area contributed by atoms with E-state index in [2.05, 4.69) is 14.8 Å². The molecule has 2 N–H and O–H groups in total. The molecule has 1 aromatic rings. The lowest BCUT2D eigenvalue weighted by atomic mass is 10.1. The first-order chi connectivity index (χ1) is 5.81. The van der Waals surface area contributed by atoms with Crippen LogP contribution in [0.15, 0.2) is 0 Å². The first-order valence-corrected chi connectivity index (χ1v) is 4.50. The number of alkyl halides is 1. The Morgan fingerprint density at radius 2 is 2.42 bits per heavy atom. The number of nitrogens with zero attached hydrogens (tertiary/aromatic N) is 3. The van der Waals surface area contributed by atoms with E-state index in [0.29, 0.717) is 6.54 Å². The summed E-state index contributed by atoms with van der Waals surface area (Å²) < 4.78 is 2.07. The van der Waals surface area contributed by atoms with Crippen molar-refractivity contribution in [1.82, 2.24) is 14.8 Å². The average molecular weight is 187 g/mol. The van der Waals surface area contributed by atoms with Crippen LogP contribution < -0.4 is 5.73 Å². The Bertz CT molecular complexity index is 283. The smallest absolute Gasteiger partial charge is 0.146 e. The molecule has 0 aromatic carbocycles. The van der Waals surface area contributed by atoms with Gasteiger partial charge in [-0.15, -0.1) is 21.8 Å². The molecule has 66 valence electrons. The molecule has 5 heteroatoms. The Morgan fingerprint density at radius 1 is 1.58 bits per heavy atom. The lowest BCUT2D eigenvalue weighted by Crippen LogP contribution is -2.21. The molecule has 12 heavy (non-hydrogen) atoms. The lowest BCUT2D eigenvalue weighted by molar-refractivity contribution is 0.513. The average Bonchev–Trinajstić information content (AvgIpc) is 2.46. The Labute approximate surface area is 75.7 Å². The second kappa shape index (κ2) is 3.03. The van der Waals surface area contributed by atoms with Crippen LogP contribution in [0.5, 0.6) is 0 Å². The molecule has 0 saturated carbocycles. The van der Waals surface area contributed by atoms with E-state index in [9.17, 15) is 0 Å². The van der Waals surface area contributed by atoms with Crippen LogP contribution in [0.1, 0.15) is 18.1 Å². The standard InChI is InChI=1S/C7H11ClN4/c8-5-1-2-12-6(3-5)10-11-7(12)4-9/h5H,1-4,9H2. The zero-order valence-corrected chi connectivity index (χ0v) is 7.46. The first-order valence-electron chi connectivity index (χ1n) is 4.06. The summed E-state index contributed by atoms with van der Waals surface area (Å²) in [6.45, 7) is 1.36. The molecule has 1 unspecified atom stereocenters. The summed E-state index contributed by atoms with van der Waals surface area (Å²) in [6, 6.07) is 0. The van der Waals surface area contributed by atoms with Crippen molar-refractivity contribution in [1.29, 1.82) is 0 Å². The van der Waals surface area contributed by atoms with Gasteiger partial charge in [0.25, 0.3) is 0 Å². The van der Waals surface area contributed by atoms with E-state index in [0.717, 1.165) is 31.0 Å². The molecule has 2 rings (SSSR count). The summed E-state index contributed by atoms with van der Waals surface area (Å²) in [5, 5.41) is 8.22. The van der Waals surface area contributed by atoms with Crippen molar-refractivity contribution >= 4 is 11.6 Å². The quantitative estimate of drug-likeness (QED) is 0.642. The highest BCUT2D eigenvalue weighted by Gasteiger charge is 2.20. The third-order valence-electron chi connectivity index (χ3n) is 2.16. The molecule has 0 saturated heterocycles. The van der Waals surface area contributed by atoms with Gasteiger partial charge in [0.1, 0.15) is 11.6 Å². The number of halogens is 1. The van der Waals surface area contributed by atoms with Crippen LogP contribution in [0.2, 0.25) is 0 Å². The second-order valence-corrected chi connectivity index (χ2v) is 3.60. The zero-order chi connectivity index (χ0) is 8.55. The molecule has 0 radical (unpaired) electrons. The molecule has 1 atom stereocenters. The minimum absolute atomic E-state index is 0.215. The number of rotatable bonds is 1. The summed E-state index contributed by atoms with van der Waals surface area (Å²) in [5.74, 6) is 1.84. The van der Waals surface area contributed by atoms with E-state index >= 15 is 0 Å². The molecule has 0 bridgehead atoms. The Morgan fingerprint density at radius 3 is 3.17 bits per heavy atom. The summed E-state index contributed by atoms with van der Waals surface area (Å²) >= 11 is 5.98. The second-order valence-electron chi connectivity index (χ2n) is 2.98. The van der Waals surface area contributed by atoms with Gasteiger partial charge < -0.3 is 10.3 Å². The van der Waals surface area contributed by atoms with Crippen LogP contribution in [0.3, 0.4) is 0 Å². The molecule has 0 spiro atoms. The fraction of sp³-hybridized carbons (Fsp3) is 0.714. The largest absolute Gasteiger partial charge is 0.324 e. The predicted octanol–water partition coefficient (Wildman–Crippen LogP) is 0.290. The normalized spacial score (nSPS) is 22.3. The van der Waals surface area contributed by atoms with Crippen LogP contribution >= 0.6 is 11.6 Å². The highest BCUT2D eigenvalue weighted by molar-refractivity contribution is 6.20. The number of hydrogen-bond donors (Lipinski definition) is 1. The number of aromatic nitrogens is 3. The topological polar surface area (TPSA) is 56.7 Å². The molecular weight excluding hydrogens is 176 g/mol. The molecule has 0 fully saturated rings. The van der Waals surface area contributed by atoms with Gasteiger partial charge in [0.15, 0.2) is 0 Å². The number of hydrogen-bond acceptors (Lipinski definition) is 3. The van der Waals surface area contributed by atoms with E-state index in [1.807, 2.05) is 0 Å². The SMILES string of the molecule is NCc1nnc2n1CCC(Cl)C2. The Balaban J connectivity index is 2.32. The van der Waals surface area contributed by atoms with Gasteiger partial charge in [-0.05, 0) is 6.42 Å². The maximum atomic E-state index is 5.98. The first kappa shape index (κ1) is 8.01. The minimum Gasteiger partial charge on any atom is -0.324 e. The summed E-state index contributed by atoms with van der Waals surface area (Å²) in [5.41, 5.74) is 5.50. The monoisotopic (exact) mass is 186 g/mol. The van der Waals surface area contributed by atoms with Crippen molar-refractivity contribution in [2.45, 2.75) is 31.3 Å². The van der Waals surface area contributed by atoms with Gasteiger partial charge in [0, 0.05) is 18.3 Å². The van der Waals surface area contributed by atoms with Crippen LogP contribution in [0, 0.1) is 0 Å². The van der Waals surface area contributed by atoms with Gasteiger partial charge >= 0.3 is 0 Å². The van der Waals surface area contributed by atoms with Gasteiger partial charge in [0.05, 0.1) is 6.54 Å². The highest BCUT2D eigenvalue weighted by atomic mass is 35.5. The van der Waals surface area contributed by atoms with Crippen molar-refractivity contribution in [3.8, 4) is 0 Å². The summed E-state index contributed by atoms with van der Waals surface area (Å²) in [7, 11) is 0.